The van der Waals surface area contributed by atoms with Gasteiger partial charge in [-0.15, -0.1) is 12.4 Å². The molecule has 0 atom stereocenters. The van der Waals surface area contributed by atoms with Crippen LogP contribution in [-0.2, 0) is 16.8 Å². The number of hydrogen-bond donors (Lipinski definition) is 3. The zero-order valence-electron chi connectivity index (χ0n) is 23.4. The number of aromatic nitrogens is 2. The van der Waals surface area contributed by atoms with E-state index in [2.05, 4.69) is 31.7 Å². The predicted octanol–water partition coefficient (Wildman–Crippen LogP) is 4.84. The SMILES string of the molecule is Cl.NC1CCN(Cc2ccc(-c3cnc4[nH]cc(C(=O)c5c(F)ccc(NS(=O)(=O)N6CCCC6)c5F)c4c3)cc2)CC1. The third-order valence-electron chi connectivity index (χ3n) is 8.06. The molecule has 4 N–H and O–H groups in total. The molecule has 0 aliphatic carbocycles. The number of nitrogens with one attached hydrogen (secondary N) is 2. The molecular formula is C30H33ClF2N6O3S. The van der Waals surface area contributed by atoms with Crippen LogP contribution in [0.3, 0.4) is 0 Å². The standard InChI is InChI=1S/C30H32F2N6O3S.ClH/c31-25-7-8-26(36-42(40,41)38-11-1-2-12-38)28(32)27(25)29(39)24-17-35-30-23(24)15-21(16-34-30)20-5-3-19(4-6-20)18-37-13-9-22(33)10-14-37;/h3-8,15-17,22,36H,1-2,9-14,18,33H2,(H,34,35);1H. The van der Waals surface area contributed by atoms with Gasteiger partial charge in [-0.1, -0.05) is 24.3 Å². The topological polar surface area (TPSA) is 124 Å². The third-order valence-corrected chi connectivity index (χ3v) is 9.59. The molecule has 9 nitrogen and oxygen atoms in total. The molecule has 0 amide bonds. The summed E-state index contributed by atoms with van der Waals surface area (Å²) in [6.45, 7) is 3.41. The smallest absolute Gasteiger partial charge is 0.301 e. The summed E-state index contributed by atoms with van der Waals surface area (Å²) in [6, 6.07) is 12.0. The number of aromatic amines is 1. The summed E-state index contributed by atoms with van der Waals surface area (Å²) in [4.78, 5) is 23.2. The van der Waals surface area contributed by atoms with Crippen molar-refractivity contribution >= 4 is 45.1 Å². The molecule has 0 bridgehead atoms. The van der Waals surface area contributed by atoms with Gasteiger partial charge in [-0.25, -0.2) is 13.8 Å². The Hall–Kier alpha value is -3.42. The molecule has 0 saturated carbocycles. The minimum atomic E-state index is -4.04. The molecule has 0 unspecified atom stereocenters. The Morgan fingerprint density at radius 3 is 2.42 bits per heavy atom. The summed E-state index contributed by atoms with van der Waals surface area (Å²) in [5.74, 6) is -3.28. The first-order chi connectivity index (χ1) is 20.2. The number of nitrogens with two attached hydrogens (primary N) is 1. The van der Waals surface area contributed by atoms with Crippen LogP contribution in [0.15, 0.2) is 54.9 Å². The Morgan fingerprint density at radius 1 is 1.02 bits per heavy atom. The summed E-state index contributed by atoms with van der Waals surface area (Å²) < 4.78 is 59.1. The van der Waals surface area contributed by atoms with Crippen molar-refractivity contribution in [3.05, 3.63) is 83.2 Å². The van der Waals surface area contributed by atoms with Gasteiger partial charge < -0.3 is 10.7 Å². The molecule has 2 fully saturated rings. The van der Waals surface area contributed by atoms with Crippen LogP contribution in [0.5, 0.6) is 0 Å². The van der Waals surface area contributed by atoms with Crippen LogP contribution in [0.25, 0.3) is 22.2 Å². The first-order valence-electron chi connectivity index (χ1n) is 14.0. The van der Waals surface area contributed by atoms with Gasteiger partial charge in [0.05, 0.1) is 11.3 Å². The van der Waals surface area contributed by atoms with E-state index in [-0.39, 0.29) is 24.0 Å². The molecule has 6 rings (SSSR count). The van der Waals surface area contributed by atoms with Gasteiger partial charge in [0.15, 0.2) is 5.82 Å². The van der Waals surface area contributed by atoms with E-state index in [0.717, 1.165) is 55.7 Å². The molecule has 0 radical (unpaired) electrons. The highest BCUT2D eigenvalue weighted by Gasteiger charge is 2.29. The second-order valence-corrected chi connectivity index (χ2v) is 12.6. The van der Waals surface area contributed by atoms with E-state index < -0.39 is 38.9 Å². The van der Waals surface area contributed by atoms with Gasteiger partial charge in [0.2, 0.25) is 5.78 Å². The number of fused-ring (bicyclic) bond motifs is 1. The van der Waals surface area contributed by atoms with Crippen LogP contribution in [-0.4, -0.2) is 65.6 Å². The number of carbonyl (C=O) groups is 1. The number of hydrogen-bond acceptors (Lipinski definition) is 6. The molecule has 4 aromatic rings. The van der Waals surface area contributed by atoms with Crippen LogP contribution >= 0.6 is 12.4 Å². The Kier molecular flexibility index (Phi) is 9.14. The van der Waals surface area contributed by atoms with Crippen molar-refractivity contribution in [2.45, 2.75) is 38.3 Å². The Bertz CT molecular complexity index is 1730. The van der Waals surface area contributed by atoms with Crippen molar-refractivity contribution in [1.82, 2.24) is 19.2 Å². The van der Waals surface area contributed by atoms with E-state index in [9.17, 15) is 17.6 Å². The van der Waals surface area contributed by atoms with Crippen molar-refractivity contribution in [1.29, 1.82) is 0 Å². The summed E-state index contributed by atoms with van der Waals surface area (Å²) in [5.41, 5.74) is 7.88. The van der Waals surface area contributed by atoms with Crippen molar-refractivity contribution in [3.63, 3.8) is 0 Å². The summed E-state index contributed by atoms with van der Waals surface area (Å²) in [5, 5.41) is 0.396. The van der Waals surface area contributed by atoms with E-state index in [0.29, 0.717) is 37.0 Å². The van der Waals surface area contributed by atoms with Crippen molar-refractivity contribution in [3.8, 4) is 11.1 Å². The van der Waals surface area contributed by atoms with Gasteiger partial charge in [-0.3, -0.25) is 14.4 Å². The number of rotatable bonds is 8. The van der Waals surface area contributed by atoms with E-state index in [4.69, 9.17) is 5.73 Å². The number of piperidine rings is 1. The fraction of sp³-hybridized carbons (Fsp3) is 0.333. The fourth-order valence-electron chi connectivity index (χ4n) is 5.63. The minimum absolute atomic E-state index is 0. The molecule has 2 aromatic carbocycles. The lowest BCUT2D eigenvalue weighted by Crippen LogP contribution is -2.39. The largest absolute Gasteiger partial charge is 0.345 e. The zero-order chi connectivity index (χ0) is 29.4. The van der Waals surface area contributed by atoms with E-state index in [1.54, 1.807) is 12.3 Å². The molecule has 228 valence electrons. The predicted molar refractivity (Wildman–Crippen MR) is 164 cm³/mol. The lowest BCUT2D eigenvalue weighted by Gasteiger charge is -2.30. The number of carbonyl (C=O) groups excluding carboxylic acids is 1. The lowest BCUT2D eigenvalue weighted by molar-refractivity contribution is 0.103. The number of pyridine rings is 1. The molecular weight excluding hydrogens is 598 g/mol. The van der Waals surface area contributed by atoms with Gasteiger partial charge in [0.1, 0.15) is 11.5 Å². The maximum atomic E-state index is 15.5. The molecule has 2 aliphatic rings. The summed E-state index contributed by atoms with van der Waals surface area (Å²) in [6.07, 6.45) is 6.42. The second-order valence-electron chi connectivity index (χ2n) is 11.0. The second kappa shape index (κ2) is 12.7. The number of anilines is 1. The molecule has 0 spiro atoms. The Balaban J connectivity index is 0.00000368. The van der Waals surface area contributed by atoms with Crippen LogP contribution in [0.1, 0.15) is 47.2 Å². The number of nitrogens with zero attached hydrogens (tertiary/aromatic N) is 3. The summed E-state index contributed by atoms with van der Waals surface area (Å²) in [7, 11) is -4.04. The quantitative estimate of drug-likeness (QED) is 0.240. The highest BCUT2D eigenvalue weighted by atomic mass is 35.5. The number of halogens is 3. The van der Waals surface area contributed by atoms with Gasteiger partial charge in [-0.05, 0) is 68.1 Å². The van der Waals surface area contributed by atoms with Gasteiger partial charge >= 0.3 is 10.2 Å². The first kappa shape index (κ1) is 31.0. The maximum absolute atomic E-state index is 15.5. The van der Waals surface area contributed by atoms with E-state index >= 15 is 4.39 Å². The molecule has 4 heterocycles. The highest BCUT2D eigenvalue weighted by Crippen LogP contribution is 2.30. The van der Waals surface area contributed by atoms with Gasteiger partial charge in [0.25, 0.3) is 0 Å². The highest BCUT2D eigenvalue weighted by molar-refractivity contribution is 7.90. The van der Waals surface area contributed by atoms with Gasteiger partial charge in [0, 0.05) is 54.6 Å². The van der Waals surface area contributed by atoms with Crippen LogP contribution < -0.4 is 10.5 Å². The average molecular weight is 631 g/mol. The van der Waals surface area contributed by atoms with Crippen molar-refractivity contribution in [2.75, 3.05) is 30.9 Å². The fourth-order valence-corrected chi connectivity index (χ4v) is 6.93. The van der Waals surface area contributed by atoms with E-state index in [1.165, 1.54) is 16.1 Å². The number of H-pyrrole nitrogens is 1. The van der Waals surface area contributed by atoms with Crippen LogP contribution in [0.2, 0.25) is 0 Å². The monoisotopic (exact) mass is 630 g/mol. The molecule has 2 aliphatic heterocycles. The molecule has 13 heteroatoms. The zero-order valence-corrected chi connectivity index (χ0v) is 25.0. The average Bonchev–Trinajstić information content (AvgIpc) is 3.67. The van der Waals surface area contributed by atoms with Crippen molar-refractivity contribution in [2.24, 2.45) is 5.73 Å². The molecule has 43 heavy (non-hydrogen) atoms. The maximum Gasteiger partial charge on any atom is 0.301 e. The Labute approximate surface area is 255 Å². The van der Waals surface area contributed by atoms with Crippen LogP contribution in [0, 0.1) is 11.6 Å². The van der Waals surface area contributed by atoms with Gasteiger partial charge in [-0.2, -0.15) is 12.7 Å². The minimum Gasteiger partial charge on any atom is -0.345 e. The summed E-state index contributed by atoms with van der Waals surface area (Å²) >= 11 is 0. The molecule has 2 aromatic heterocycles. The van der Waals surface area contributed by atoms with E-state index in [1.807, 2.05) is 12.1 Å². The normalized spacial score (nSPS) is 16.8. The molecule has 2 saturated heterocycles. The number of likely N-dealkylation sites (tertiary alicyclic amines) is 1. The lowest BCUT2D eigenvalue weighted by atomic mass is 9.99. The third kappa shape index (κ3) is 6.43. The number of ketones is 1. The Morgan fingerprint density at radius 2 is 1.72 bits per heavy atom. The van der Waals surface area contributed by atoms with Crippen molar-refractivity contribution < 1.29 is 22.0 Å². The first-order valence-corrected chi connectivity index (χ1v) is 15.5. The van der Waals surface area contributed by atoms with Crippen LogP contribution in [0.4, 0.5) is 14.5 Å². The number of benzene rings is 2.